The lowest BCUT2D eigenvalue weighted by Crippen LogP contribution is -2.43. The van der Waals surface area contributed by atoms with Gasteiger partial charge in [0, 0.05) is 23.3 Å². The predicted octanol–water partition coefficient (Wildman–Crippen LogP) is 1.78. The molecule has 11 heteroatoms. The second-order valence-corrected chi connectivity index (χ2v) is 5.33. The smallest absolute Gasteiger partial charge is 0.303 e. The lowest BCUT2D eigenvalue weighted by molar-refractivity contribution is -0.220. The third kappa shape index (κ3) is 3.41. The number of ether oxygens (including phenoxy) is 4. The maximum Gasteiger partial charge on any atom is 0.303 e. The first-order valence-corrected chi connectivity index (χ1v) is 6.61. The Kier molecular flexibility index (Phi) is 4.74. The van der Waals surface area contributed by atoms with Crippen molar-refractivity contribution in [1.29, 1.82) is 0 Å². The van der Waals surface area contributed by atoms with E-state index >= 15 is 0 Å². The fourth-order valence-electron chi connectivity index (χ4n) is 2.53. The fourth-order valence-corrected chi connectivity index (χ4v) is 2.53. The van der Waals surface area contributed by atoms with Crippen molar-refractivity contribution in [1.82, 2.24) is 0 Å². The number of azide groups is 2. The van der Waals surface area contributed by atoms with Gasteiger partial charge in [-0.1, -0.05) is 10.2 Å². The molecule has 0 amide bonds. The van der Waals surface area contributed by atoms with Crippen LogP contribution in [0, 0.1) is 0 Å². The van der Waals surface area contributed by atoms with E-state index in [-0.39, 0.29) is 6.54 Å². The molecular formula is C11H16N6O5. The molecule has 0 saturated carbocycles. The third-order valence-electron chi connectivity index (χ3n) is 3.24. The largest absolute Gasteiger partial charge is 0.457 e. The van der Waals surface area contributed by atoms with Gasteiger partial charge in [-0.15, -0.1) is 0 Å². The second kappa shape index (κ2) is 6.39. The number of nitrogens with zero attached hydrogens (tertiary/aromatic N) is 6. The lowest BCUT2D eigenvalue weighted by atomic mass is 10.0. The van der Waals surface area contributed by atoms with E-state index in [0.717, 1.165) is 0 Å². The van der Waals surface area contributed by atoms with Crippen molar-refractivity contribution in [2.45, 2.75) is 57.2 Å². The van der Waals surface area contributed by atoms with Crippen LogP contribution in [0.15, 0.2) is 10.2 Å². The molecule has 5 atom stereocenters. The molecule has 0 unspecified atom stereocenters. The molecule has 2 heterocycles. The van der Waals surface area contributed by atoms with E-state index in [1.165, 1.54) is 6.92 Å². The van der Waals surface area contributed by atoms with Crippen molar-refractivity contribution >= 4 is 5.97 Å². The zero-order chi connectivity index (χ0) is 16.3. The van der Waals surface area contributed by atoms with Crippen molar-refractivity contribution in [3.8, 4) is 0 Å². The standard InChI is InChI=1S/C11H16N6O5/c1-5(18)19-8-7(6(15-17-13)4-14-16-12)20-10-9(8)21-11(2,3)22-10/h6-10H,4H2,1-3H3/t6-,7-,8+,9-,10-/m1/s1. The molecule has 0 aliphatic carbocycles. The van der Waals surface area contributed by atoms with Crippen molar-refractivity contribution in [3.63, 3.8) is 0 Å². The number of hydrogen-bond donors (Lipinski definition) is 0. The molecular weight excluding hydrogens is 296 g/mol. The van der Waals surface area contributed by atoms with Crippen LogP contribution in [0.1, 0.15) is 20.8 Å². The number of carbonyl (C=O) groups excluding carboxylic acids is 1. The molecule has 11 nitrogen and oxygen atoms in total. The zero-order valence-electron chi connectivity index (χ0n) is 12.3. The Morgan fingerprint density at radius 3 is 2.68 bits per heavy atom. The summed E-state index contributed by atoms with van der Waals surface area (Å²) in [5, 5.41) is 6.94. The van der Waals surface area contributed by atoms with Gasteiger partial charge in [-0.3, -0.25) is 4.79 Å². The topological polar surface area (TPSA) is 152 Å². The first-order valence-electron chi connectivity index (χ1n) is 6.61. The molecule has 0 aromatic rings. The van der Waals surface area contributed by atoms with Crippen molar-refractivity contribution in [2.75, 3.05) is 6.54 Å². The van der Waals surface area contributed by atoms with Crippen LogP contribution in [-0.2, 0) is 23.7 Å². The van der Waals surface area contributed by atoms with Gasteiger partial charge in [-0.2, -0.15) is 0 Å². The highest BCUT2D eigenvalue weighted by molar-refractivity contribution is 5.66. The average Bonchev–Trinajstić information content (AvgIpc) is 2.88. The zero-order valence-corrected chi connectivity index (χ0v) is 12.3. The molecule has 22 heavy (non-hydrogen) atoms. The van der Waals surface area contributed by atoms with E-state index in [1.807, 2.05) is 0 Å². The summed E-state index contributed by atoms with van der Waals surface area (Å²) in [5.74, 6) is -1.41. The molecule has 2 rings (SSSR count). The Bertz CT molecular complexity index is 541. The number of rotatable bonds is 5. The highest BCUT2D eigenvalue weighted by Crippen LogP contribution is 2.40. The highest BCUT2D eigenvalue weighted by atomic mass is 16.8. The Morgan fingerprint density at radius 1 is 1.36 bits per heavy atom. The van der Waals surface area contributed by atoms with Gasteiger partial charge < -0.3 is 18.9 Å². The lowest BCUT2D eigenvalue weighted by Gasteiger charge is -2.27. The molecule has 0 aromatic heterocycles. The summed E-state index contributed by atoms with van der Waals surface area (Å²) in [5.41, 5.74) is 17.1. The van der Waals surface area contributed by atoms with Gasteiger partial charge in [0.1, 0.15) is 6.10 Å². The normalized spacial score (nSPS) is 33.2. The predicted molar refractivity (Wildman–Crippen MR) is 71.2 cm³/mol. The summed E-state index contributed by atoms with van der Waals surface area (Å²) in [6.07, 6.45) is -3.05. The molecule has 2 aliphatic rings. The second-order valence-electron chi connectivity index (χ2n) is 5.33. The Hall–Kier alpha value is -2.03. The quantitative estimate of drug-likeness (QED) is 0.328. The SMILES string of the molecule is CC(=O)O[C@@H]1[C@H]2OC(C)(C)O[C@H]2O[C@@H]1[C@@H](CN=[N+]=[N-])N=[N+]=[N-]. The highest BCUT2D eigenvalue weighted by Gasteiger charge is 2.57. The number of esters is 1. The maximum atomic E-state index is 11.3. The summed E-state index contributed by atoms with van der Waals surface area (Å²) in [6, 6.07) is -0.842. The fraction of sp³-hybridized carbons (Fsp3) is 0.909. The molecule has 2 aliphatic heterocycles. The summed E-state index contributed by atoms with van der Waals surface area (Å²) in [6.45, 7) is 4.53. The van der Waals surface area contributed by atoms with E-state index in [4.69, 9.17) is 30.0 Å². The van der Waals surface area contributed by atoms with Crippen LogP contribution in [0.5, 0.6) is 0 Å². The van der Waals surface area contributed by atoms with Gasteiger partial charge in [-0.05, 0) is 24.9 Å². The summed E-state index contributed by atoms with van der Waals surface area (Å²) < 4.78 is 22.2. The molecule has 0 radical (unpaired) electrons. The Morgan fingerprint density at radius 2 is 2.09 bits per heavy atom. The summed E-state index contributed by atoms with van der Waals surface area (Å²) in [7, 11) is 0. The van der Waals surface area contributed by atoms with Gasteiger partial charge in [0.25, 0.3) is 0 Å². The molecule has 0 bridgehead atoms. The minimum Gasteiger partial charge on any atom is -0.457 e. The average molecular weight is 312 g/mol. The molecule has 2 saturated heterocycles. The van der Waals surface area contributed by atoms with Gasteiger partial charge in [0.05, 0.1) is 6.04 Å². The molecule has 0 aromatic carbocycles. The molecule has 0 spiro atoms. The number of fused-ring (bicyclic) bond motifs is 1. The monoisotopic (exact) mass is 312 g/mol. The van der Waals surface area contributed by atoms with Crippen molar-refractivity contribution in [3.05, 3.63) is 20.9 Å². The van der Waals surface area contributed by atoms with Gasteiger partial charge >= 0.3 is 5.97 Å². The third-order valence-corrected chi connectivity index (χ3v) is 3.24. The number of hydrogen-bond acceptors (Lipinski definition) is 7. The van der Waals surface area contributed by atoms with Crippen LogP contribution in [0.4, 0.5) is 0 Å². The summed E-state index contributed by atoms with van der Waals surface area (Å²) >= 11 is 0. The molecule has 120 valence electrons. The van der Waals surface area contributed by atoms with Crippen LogP contribution in [0.25, 0.3) is 20.9 Å². The van der Waals surface area contributed by atoms with E-state index < -0.39 is 42.4 Å². The van der Waals surface area contributed by atoms with Crippen LogP contribution < -0.4 is 0 Å². The van der Waals surface area contributed by atoms with Gasteiger partial charge in [0.15, 0.2) is 24.3 Å². The molecule has 2 fully saturated rings. The van der Waals surface area contributed by atoms with E-state index in [1.54, 1.807) is 13.8 Å². The number of carbonyl (C=O) groups is 1. The maximum absolute atomic E-state index is 11.3. The van der Waals surface area contributed by atoms with Gasteiger partial charge in [-0.25, -0.2) is 0 Å². The van der Waals surface area contributed by atoms with E-state index in [2.05, 4.69) is 20.1 Å². The van der Waals surface area contributed by atoms with Crippen LogP contribution in [0.3, 0.4) is 0 Å². The van der Waals surface area contributed by atoms with Crippen LogP contribution in [0.2, 0.25) is 0 Å². The van der Waals surface area contributed by atoms with E-state index in [9.17, 15) is 4.79 Å². The minimum atomic E-state index is -0.877. The Labute approximate surface area is 125 Å². The van der Waals surface area contributed by atoms with Crippen LogP contribution in [-0.4, -0.2) is 48.9 Å². The van der Waals surface area contributed by atoms with Gasteiger partial charge in [0.2, 0.25) is 0 Å². The van der Waals surface area contributed by atoms with Crippen molar-refractivity contribution < 1.29 is 23.7 Å². The Balaban J connectivity index is 2.24. The first kappa shape index (κ1) is 16.3. The minimum absolute atomic E-state index is 0.133. The first-order chi connectivity index (χ1) is 10.4. The summed E-state index contributed by atoms with van der Waals surface area (Å²) in [4.78, 5) is 16.7. The van der Waals surface area contributed by atoms with Crippen LogP contribution >= 0.6 is 0 Å². The van der Waals surface area contributed by atoms with Crippen molar-refractivity contribution in [2.24, 2.45) is 10.2 Å². The van der Waals surface area contributed by atoms with E-state index in [0.29, 0.717) is 0 Å². The molecule has 0 N–H and O–H groups in total.